The predicted molar refractivity (Wildman–Crippen MR) is 55.1 cm³/mol. The Balaban J connectivity index is 2.32. The average Bonchev–Trinajstić information content (AvgIpc) is 2.78. The van der Waals surface area contributed by atoms with Crippen molar-refractivity contribution in [3.8, 4) is 0 Å². The molecule has 0 saturated heterocycles. The van der Waals surface area contributed by atoms with Crippen LogP contribution < -0.4 is 0 Å². The van der Waals surface area contributed by atoms with Crippen LogP contribution in [0.3, 0.4) is 0 Å². The third-order valence-electron chi connectivity index (χ3n) is 3.38. The molecule has 0 aromatic carbocycles. The maximum Gasteiger partial charge on any atom is 0.112 e. The first-order valence-corrected chi connectivity index (χ1v) is 5.37. The standard InChI is InChI=1S/C11H18N2O/c1-8-10(7-14)12-11(13(8)2)9-5-3-4-6-9/h9,14H,3-7H2,1-2H3. The van der Waals surface area contributed by atoms with Crippen molar-refractivity contribution in [2.24, 2.45) is 7.05 Å². The van der Waals surface area contributed by atoms with Gasteiger partial charge in [-0.25, -0.2) is 4.98 Å². The summed E-state index contributed by atoms with van der Waals surface area (Å²) in [5, 5.41) is 9.12. The van der Waals surface area contributed by atoms with E-state index >= 15 is 0 Å². The largest absolute Gasteiger partial charge is 0.390 e. The maximum atomic E-state index is 9.12. The van der Waals surface area contributed by atoms with E-state index in [4.69, 9.17) is 5.11 Å². The number of nitrogens with zero attached hydrogens (tertiary/aromatic N) is 2. The van der Waals surface area contributed by atoms with Crippen molar-refractivity contribution in [2.45, 2.75) is 45.1 Å². The van der Waals surface area contributed by atoms with E-state index in [1.807, 2.05) is 6.92 Å². The van der Waals surface area contributed by atoms with Gasteiger partial charge in [-0.3, -0.25) is 0 Å². The molecule has 0 atom stereocenters. The first kappa shape index (κ1) is 9.71. The predicted octanol–water partition coefficient (Wildman–Crippen LogP) is 1.88. The molecule has 1 saturated carbocycles. The van der Waals surface area contributed by atoms with E-state index in [-0.39, 0.29) is 6.61 Å². The Morgan fingerprint density at radius 1 is 1.43 bits per heavy atom. The molecule has 0 amide bonds. The van der Waals surface area contributed by atoms with Crippen molar-refractivity contribution < 1.29 is 5.11 Å². The van der Waals surface area contributed by atoms with Crippen LogP contribution in [0.25, 0.3) is 0 Å². The molecule has 0 bridgehead atoms. The summed E-state index contributed by atoms with van der Waals surface area (Å²) in [6.45, 7) is 2.09. The Hall–Kier alpha value is -0.830. The average molecular weight is 194 g/mol. The van der Waals surface area contributed by atoms with E-state index in [1.165, 1.54) is 31.5 Å². The van der Waals surface area contributed by atoms with E-state index in [9.17, 15) is 0 Å². The van der Waals surface area contributed by atoms with Crippen LogP contribution in [0.4, 0.5) is 0 Å². The number of hydrogen-bond acceptors (Lipinski definition) is 2. The molecule has 1 aliphatic rings. The molecule has 3 nitrogen and oxygen atoms in total. The van der Waals surface area contributed by atoms with Crippen LogP contribution in [0.1, 0.15) is 48.8 Å². The van der Waals surface area contributed by atoms with Gasteiger partial charge in [0.05, 0.1) is 12.3 Å². The molecule has 1 aliphatic carbocycles. The molecular formula is C11H18N2O. The molecular weight excluding hydrogens is 176 g/mol. The van der Waals surface area contributed by atoms with Crippen molar-refractivity contribution in [2.75, 3.05) is 0 Å². The zero-order valence-corrected chi connectivity index (χ0v) is 8.95. The third-order valence-corrected chi connectivity index (χ3v) is 3.38. The molecule has 3 heteroatoms. The van der Waals surface area contributed by atoms with Crippen molar-refractivity contribution >= 4 is 0 Å². The summed E-state index contributed by atoms with van der Waals surface area (Å²) >= 11 is 0. The molecule has 78 valence electrons. The molecule has 1 aromatic heterocycles. The lowest BCUT2D eigenvalue weighted by Gasteiger charge is -2.08. The summed E-state index contributed by atoms with van der Waals surface area (Å²) in [7, 11) is 2.05. The number of hydrogen-bond donors (Lipinski definition) is 1. The van der Waals surface area contributed by atoms with E-state index in [1.54, 1.807) is 0 Å². The van der Waals surface area contributed by atoms with Gasteiger partial charge in [0.2, 0.25) is 0 Å². The number of aliphatic hydroxyl groups excluding tert-OH is 1. The first-order chi connectivity index (χ1) is 6.74. The fourth-order valence-electron chi connectivity index (χ4n) is 2.36. The number of aromatic nitrogens is 2. The van der Waals surface area contributed by atoms with Gasteiger partial charge < -0.3 is 9.67 Å². The third kappa shape index (κ3) is 1.46. The number of imidazole rings is 1. The molecule has 14 heavy (non-hydrogen) atoms. The highest BCUT2D eigenvalue weighted by molar-refractivity contribution is 5.17. The van der Waals surface area contributed by atoms with Gasteiger partial charge >= 0.3 is 0 Å². The normalized spacial score (nSPS) is 17.9. The Morgan fingerprint density at radius 3 is 2.57 bits per heavy atom. The van der Waals surface area contributed by atoms with Crippen LogP contribution in [-0.4, -0.2) is 14.7 Å². The molecule has 1 N–H and O–H groups in total. The van der Waals surface area contributed by atoms with Crippen LogP contribution in [0.2, 0.25) is 0 Å². The van der Waals surface area contributed by atoms with Crippen LogP contribution >= 0.6 is 0 Å². The van der Waals surface area contributed by atoms with E-state index in [0.29, 0.717) is 5.92 Å². The van der Waals surface area contributed by atoms with Gasteiger partial charge in [-0.2, -0.15) is 0 Å². The van der Waals surface area contributed by atoms with Gasteiger partial charge in [0.25, 0.3) is 0 Å². The lowest BCUT2D eigenvalue weighted by molar-refractivity contribution is 0.276. The highest BCUT2D eigenvalue weighted by Crippen LogP contribution is 2.33. The van der Waals surface area contributed by atoms with Crippen molar-refractivity contribution in [3.63, 3.8) is 0 Å². The summed E-state index contributed by atoms with van der Waals surface area (Å²) in [6.07, 6.45) is 5.17. The monoisotopic (exact) mass is 194 g/mol. The minimum absolute atomic E-state index is 0.0619. The van der Waals surface area contributed by atoms with Gasteiger partial charge in [0.15, 0.2) is 0 Å². The van der Waals surface area contributed by atoms with Crippen LogP contribution in [0.5, 0.6) is 0 Å². The Bertz CT molecular complexity index is 324. The molecule has 1 heterocycles. The molecule has 0 unspecified atom stereocenters. The van der Waals surface area contributed by atoms with Crippen molar-refractivity contribution in [3.05, 3.63) is 17.2 Å². The molecule has 0 radical (unpaired) electrons. The summed E-state index contributed by atoms with van der Waals surface area (Å²) < 4.78 is 2.14. The summed E-state index contributed by atoms with van der Waals surface area (Å²) in [4.78, 5) is 4.52. The Labute approximate surface area is 84.8 Å². The molecule has 1 fully saturated rings. The second-order valence-electron chi connectivity index (χ2n) is 4.20. The lowest BCUT2D eigenvalue weighted by atomic mass is 10.1. The smallest absolute Gasteiger partial charge is 0.112 e. The maximum absolute atomic E-state index is 9.12. The zero-order valence-electron chi connectivity index (χ0n) is 8.95. The minimum atomic E-state index is 0.0619. The van der Waals surface area contributed by atoms with Gasteiger partial charge in [-0.15, -0.1) is 0 Å². The summed E-state index contributed by atoms with van der Waals surface area (Å²) in [5.74, 6) is 1.79. The SMILES string of the molecule is Cc1c(CO)nc(C2CCCC2)n1C. The van der Waals surface area contributed by atoms with Gasteiger partial charge in [-0.1, -0.05) is 12.8 Å². The zero-order chi connectivity index (χ0) is 10.1. The number of aliphatic hydroxyl groups is 1. The molecule has 0 aliphatic heterocycles. The van der Waals surface area contributed by atoms with E-state index in [0.717, 1.165) is 11.4 Å². The first-order valence-electron chi connectivity index (χ1n) is 5.37. The molecule has 0 spiro atoms. The molecule has 1 aromatic rings. The fourth-order valence-corrected chi connectivity index (χ4v) is 2.36. The van der Waals surface area contributed by atoms with Crippen LogP contribution in [-0.2, 0) is 13.7 Å². The minimum Gasteiger partial charge on any atom is -0.390 e. The van der Waals surface area contributed by atoms with E-state index in [2.05, 4.69) is 16.6 Å². The topological polar surface area (TPSA) is 38.1 Å². The highest BCUT2D eigenvalue weighted by atomic mass is 16.3. The van der Waals surface area contributed by atoms with Gasteiger partial charge in [0, 0.05) is 18.7 Å². The Morgan fingerprint density at radius 2 is 2.07 bits per heavy atom. The number of rotatable bonds is 2. The highest BCUT2D eigenvalue weighted by Gasteiger charge is 2.22. The lowest BCUT2D eigenvalue weighted by Crippen LogP contribution is -2.03. The second kappa shape index (κ2) is 3.73. The van der Waals surface area contributed by atoms with Crippen LogP contribution in [0.15, 0.2) is 0 Å². The summed E-state index contributed by atoms with van der Waals surface area (Å²) in [6, 6.07) is 0. The van der Waals surface area contributed by atoms with E-state index < -0.39 is 0 Å². The fraction of sp³-hybridized carbons (Fsp3) is 0.727. The quantitative estimate of drug-likeness (QED) is 0.780. The summed E-state index contributed by atoms with van der Waals surface area (Å²) in [5.41, 5.74) is 1.95. The van der Waals surface area contributed by atoms with Crippen LogP contribution in [0, 0.1) is 6.92 Å². The van der Waals surface area contributed by atoms with Gasteiger partial charge in [-0.05, 0) is 19.8 Å². The van der Waals surface area contributed by atoms with Crippen molar-refractivity contribution in [1.82, 2.24) is 9.55 Å². The Kier molecular flexibility index (Phi) is 2.59. The van der Waals surface area contributed by atoms with Crippen molar-refractivity contribution in [1.29, 1.82) is 0 Å². The van der Waals surface area contributed by atoms with Gasteiger partial charge in [0.1, 0.15) is 5.82 Å². The second-order valence-corrected chi connectivity index (χ2v) is 4.20. The molecule has 2 rings (SSSR count).